The standard InChI is InChI=1S/C2H2ClN2O4/c1-2(3,4(6)7)5(8)9/h1H2. The van der Waals surface area contributed by atoms with Crippen molar-refractivity contribution in [3.05, 3.63) is 27.2 Å². The summed E-state index contributed by atoms with van der Waals surface area (Å²) in [4.78, 5) is 16.7. The second kappa shape index (κ2) is 2.14. The van der Waals surface area contributed by atoms with Gasteiger partial charge in [0, 0.05) is 11.6 Å². The number of hydrogen-bond donors (Lipinski definition) is 0. The van der Waals surface area contributed by atoms with Crippen molar-refractivity contribution in [1.29, 1.82) is 0 Å². The Labute approximate surface area is 54.7 Å². The summed E-state index contributed by atoms with van der Waals surface area (Å²) >= 11 is 4.70. The Morgan fingerprint density at radius 1 is 1.33 bits per heavy atom. The van der Waals surface area contributed by atoms with Crippen LogP contribution in [-0.4, -0.2) is 15.0 Å². The minimum Gasteiger partial charge on any atom is -0.257 e. The van der Waals surface area contributed by atoms with Crippen LogP contribution in [0.3, 0.4) is 0 Å². The van der Waals surface area contributed by atoms with E-state index in [9.17, 15) is 20.2 Å². The molecule has 0 saturated carbocycles. The van der Waals surface area contributed by atoms with Crippen LogP contribution in [-0.2, 0) is 0 Å². The van der Waals surface area contributed by atoms with Gasteiger partial charge in [-0.1, -0.05) is 0 Å². The van der Waals surface area contributed by atoms with Crippen LogP contribution in [0.5, 0.6) is 0 Å². The predicted octanol–water partition coefficient (Wildman–Crippen LogP) is 0.266. The van der Waals surface area contributed by atoms with Crippen LogP contribution in [0.4, 0.5) is 0 Å². The molecule has 1 radical (unpaired) electrons. The fourth-order valence-corrected chi connectivity index (χ4v) is 0.0667. The normalized spacial score (nSPS) is 10.9. The summed E-state index contributed by atoms with van der Waals surface area (Å²) in [6.45, 7) is 2.54. The first-order valence-electron chi connectivity index (χ1n) is 1.72. The highest BCUT2D eigenvalue weighted by molar-refractivity contribution is 6.21. The van der Waals surface area contributed by atoms with Crippen LogP contribution >= 0.6 is 11.6 Å². The van der Waals surface area contributed by atoms with E-state index >= 15 is 0 Å². The van der Waals surface area contributed by atoms with Crippen LogP contribution in [0.15, 0.2) is 0 Å². The molecule has 0 atom stereocenters. The van der Waals surface area contributed by atoms with Crippen LogP contribution in [0.2, 0.25) is 0 Å². The Morgan fingerprint density at radius 2 is 1.56 bits per heavy atom. The number of halogens is 1. The Hall–Kier alpha value is -0.910. The average molecular weight is 154 g/mol. The summed E-state index contributed by atoms with van der Waals surface area (Å²) in [6, 6.07) is 0. The molecule has 7 heteroatoms. The molecule has 0 bridgehead atoms. The Kier molecular flexibility index (Phi) is 1.92. The lowest BCUT2D eigenvalue weighted by Crippen LogP contribution is -2.37. The molecule has 0 fully saturated rings. The molecular weight excluding hydrogens is 151 g/mol. The van der Waals surface area contributed by atoms with Gasteiger partial charge in [0.1, 0.15) is 16.8 Å². The minimum absolute atomic E-state index is 1.28. The maximum atomic E-state index is 9.63. The van der Waals surface area contributed by atoms with Crippen LogP contribution in [0.1, 0.15) is 0 Å². The Morgan fingerprint density at radius 3 is 1.56 bits per heavy atom. The fraction of sp³-hybridized carbons (Fsp3) is 0.500. The Balaban J connectivity index is 4.38. The maximum Gasteiger partial charge on any atom is 0.537 e. The molecule has 0 aliphatic carbocycles. The van der Waals surface area contributed by atoms with Crippen LogP contribution in [0, 0.1) is 27.2 Å². The second-order valence-electron chi connectivity index (χ2n) is 1.23. The van der Waals surface area contributed by atoms with Crippen molar-refractivity contribution in [2.24, 2.45) is 0 Å². The van der Waals surface area contributed by atoms with Gasteiger partial charge in [-0.25, -0.2) is 0 Å². The molecule has 0 aromatic rings. The molecule has 0 amide bonds. The van der Waals surface area contributed by atoms with E-state index in [1.54, 1.807) is 0 Å². The van der Waals surface area contributed by atoms with Gasteiger partial charge in [0.05, 0.1) is 0 Å². The SMILES string of the molecule is [CH2]C(Cl)([N+](=O)[O-])[N+](=O)[O-]. The summed E-state index contributed by atoms with van der Waals surface area (Å²) in [7, 11) is 0. The molecule has 0 aromatic carbocycles. The number of hydrogen-bond acceptors (Lipinski definition) is 4. The van der Waals surface area contributed by atoms with Crippen molar-refractivity contribution in [1.82, 2.24) is 0 Å². The van der Waals surface area contributed by atoms with Crippen molar-refractivity contribution in [2.75, 3.05) is 0 Å². The van der Waals surface area contributed by atoms with E-state index in [0.717, 1.165) is 0 Å². The third kappa shape index (κ3) is 1.49. The first-order valence-corrected chi connectivity index (χ1v) is 2.10. The van der Waals surface area contributed by atoms with Gasteiger partial charge in [-0.2, -0.15) is 0 Å². The molecule has 0 aliphatic heterocycles. The van der Waals surface area contributed by atoms with Gasteiger partial charge in [-0.05, 0) is 0 Å². The molecule has 0 aliphatic rings. The summed E-state index contributed by atoms with van der Waals surface area (Å²) < 4.78 is 0. The first-order chi connectivity index (χ1) is 3.89. The topological polar surface area (TPSA) is 86.3 Å². The zero-order chi connectivity index (χ0) is 7.65. The van der Waals surface area contributed by atoms with Crippen LogP contribution < -0.4 is 0 Å². The smallest absolute Gasteiger partial charge is 0.257 e. The predicted molar refractivity (Wildman–Crippen MR) is 27.9 cm³/mol. The molecule has 0 aromatic heterocycles. The number of rotatable bonds is 2. The zero-order valence-electron chi connectivity index (χ0n) is 4.11. The van der Waals surface area contributed by atoms with E-state index in [1.165, 1.54) is 0 Å². The van der Waals surface area contributed by atoms with Crippen molar-refractivity contribution in [2.45, 2.75) is 5.12 Å². The lowest BCUT2D eigenvalue weighted by molar-refractivity contribution is -0.752. The van der Waals surface area contributed by atoms with E-state index < -0.39 is 15.0 Å². The third-order valence-corrected chi connectivity index (χ3v) is 0.836. The van der Waals surface area contributed by atoms with Gasteiger partial charge in [-0.15, -0.1) is 0 Å². The van der Waals surface area contributed by atoms with E-state index in [-0.39, 0.29) is 0 Å². The van der Waals surface area contributed by atoms with Crippen LogP contribution in [0.25, 0.3) is 0 Å². The van der Waals surface area contributed by atoms with Crippen molar-refractivity contribution in [3.8, 4) is 0 Å². The van der Waals surface area contributed by atoms with Crippen molar-refractivity contribution >= 4 is 11.6 Å². The highest BCUT2D eigenvalue weighted by Crippen LogP contribution is 2.13. The monoisotopic (exact) mass is 153 g/mol. The van der Waals surface area contributed by atoms with Gasteiger partial charge in [0.2, 0.25) is 0 Å². The lowest BCUT2D eigenvalue weighted by Gasteiger charge is -2.00. The van der Waals surface area contributed by atoms with Gasteiger partial charge in [0.15, 0.2) is 0 Å². The molecule has 0 rings (SSSR count). The molecule has 0 unspecified atom stereocenters. The maximum absolute atomic E-state index is 9.63. The first kappa shape index (κ1) is 8.09. The third-order valence-electron chi connectivity index (χ3n) is 0.560. The number of nitro groups is 2. The molecule has 51 valence electrons. The van der Waals surface area contributed by atoms with Crippen molar-refractivity contribution < 1.29 is 9.85 Å². The largest absolute Gasteiger partial charge is 0.537 e. The van der Waals surface area contributed by atoms with E-state index in [2.05, 4.69) is 6.92 Å². The summed E-state index contributed by atoms with van der Waals surface area (Å²) in [5, 5.41) is 16.4. The summed E-state index contributed by atoms with van der Waals surface area (Å²) in [5.41, 5.74) is 0. The number of alkyl halides is 1. The molecule has 0 N–H and O–H groups in total. The van der Waals surface area contributed by atoms with E-state index in [0.29, 0.717) is 0 Å². The molecule has 9 heavy (non-hydrogen) atoms. The molecule has 0 heterocycles. The van der Waals surface area contributed by atoms with Gasteiger partial charge in [0.25, 0.3) is 0 Å². The lowest BCUT2D eigenvalue weighted by atomic mass is 10.6. The van der Waals surface area contributed by atoms with Crippen molar-refractivity contribution in [3.63, 3.8) is 0 Å². The molecular formula is C2H2ClN2O4. The quantitative estimate of drug-likeness (QED) is 0.187. The highest BCUT2D eigenvalue weighted by atomic mass is 35.5. The zero-order valence-corrected chi connectivity index (χ0v) is 4.87. The minimum atomic E-state index is -2.83. The fourth-order valence-electron chi connectivity index (χ4n) is 0.0667. The van der Waals surface area contributed by atoms with E-state index in [4.69, 9.17) is 11.6 Å². The summed E-state index contributed by atoms with van der Waals surface area (Å²) in [5.74, 6) is 0. The van der Waals surface area contributed by atoms with E-state index in [1.807, 2.05) is 0 Å². The highest BCUT2D eigenvalue weighted by Gasteiger charge is 2.48. The molecule has 6 nitrogen and oxygen atoms in total. The molecule has 0 saturated heterocycles. The van der Waals surface area contributed by atoms with Gasteiger partial charge < -0.3 is 0 Å². The Bertz CT molecular complexity index is 139. The number of nitrogens with zero attached hydrogens (tertiary/aromatic N) is 2. The average Bonchev–Trinajstić information content (AvgIpc) is 1.65. The second-order valence-corrected chi connectivity index (χ2v) is 1.84. The summed E-state index contributed by atoms with van der Waals surface area (Å²) in [6.07, 6.45) is 0. The van der Waals surface area contributed by atoms with Gasteiger partial charge in [-0.3, -0.25) is 20.2 Å². The molecule has 0 spiro atoms. The van der Waals surface area contributed by atoms with Gasteiger partial charge >= 0.3 is 5.12 Å².